The van der Waals surface area contributed by atoms with Crippen molar-refractivity contribution < 1.29 is 10.2 Å². The van der Waals surface area contributed by atoms with E-state index in [9.17, 15) is 10.2 Å². The lowest BCUT2D eigenvalue weighted by Gasteiger charge is -2.22. The van der Waals surface area contributed by atoms with E-state index in [1.165, 1.54) is 9.58 Å². The van der Waals surface area contributed by atoms with Crippen LogP contribution in [0.4, 0.5) is 5.69 Å². The molecule has 13 nitrogen and oxygen atoms in total. The Morgan fingerprint density at radius 3 is 1.77 bits per heavy atom. The monoisotopic (exact) mass is 523 g/mol. The smallest absolute Gasteiger partial charge is 0.173 e. The number of tetrazole rings is 2. The summed E-state index contributed by atoms with van der Waals surface area (Å²) in [5, 5.41) is 56.3. The molecular weight excluding hydrogens is 498 g/mol. The van der Waals surface area contributed by atoms with Crippen LogP contribution < -0.4 is 5.32 Å². The van der Waals surface area contributed by atoms with Crippen LogP contribution in [0.25, 0.3) is 0 Å². The van der Waals surface area contributed by atoms with Gasteiger partial charge in [0.1, 0.15) is 11.5 Å². The third-order valence-electron chi connectivity index (χ3n) is 6.07. The maximum Gasteiger partial charge on any atom is 0.173 e. The van der Waals surface area contributed by atoms with E-state index in [0.29, 0.717) is 33.9 Å². The summed E-state index contributed by atoms with van der Waals surface area (Å²) in [5.74, 6) is 0.658. The van der Waals surface area contributed by atoms with Crippen LogP contribution >= 0.6 is 0 Å². The van der Waals surface area contributed by atoms with Crippen molar-refractivity contribution in [3.8, 4) is 11.5 Å². The number of rotatable bonds is 8. The van der Waals surface area contributed by atoms with Gasteiger partial charge >= 0.3 is 0 Å². The van der Waals surface area contributed by atoms with E-state index in [1.54, 1.807) is 50.5 Å². The fraction of sp³-hybridized carbons (Fsp3) is 0.154. The maximum atomic E-state index is 11.0. The van der Waals surface area contributed by atoms with Gasteiger partial charge in [0.05, 0.1) is 12.4 Å². The Morgan fingerprint density at radius 2 is 1.31 bits per heavy atom. The number of aryl methyl sites for hydroxylation is 2. The van der Waals surface area contributed by atoms with Crippen molar-refractivity contribution in [2.75, 3.05) is 12.4 Å². The molecule has 3 aromatic carbocycles. The van der Waals surface area contributed by atoms with Crippen LogP contribution in [0.15, 0.2) is 70.9 Å². The Balaban J connectivity index is 1.62. The average molecular weight is 524 g/mol. The number of benzene rings is 3. The average Bonchev–Trinajstić information content (AvgIpc) is 3.56. The highest BCUT2D eigenvalue weighted by molar-refractivity contribution is 5.82. The summed E-state index contributed by atoms with van der Waals surface area (Å²) in [6, 6.07) is 18.1. The molecule has 0 radical (unpaired) electrons. The Kier molecular flexibility index (Phi) is 7.03. The minimum atomic E-state index is -0.537. The number of nitrogens with one attached hydrogen (secondary N) is 1. The fourth-order valence-electron chi connectivity index (χ4n) is 4.08. The largest absolute Gasteiger partial charge is 0.508 e. The topological polar surface area (TPSA) is 164 Å². The number of phenolic OH excluding ortho intramolecular Hbond substituents is 2. The summed E-state index contributed by atoms with van der Waals surface area (Å²) in [6.07, 6.45) is 3.20. The molecule has 0 spiro atoms. The Hall–Kier alpha value is -5.46. The summed E-state index contributed by atoms with van der Waals surface area (Å²) in [4.78, 5) is 2.61. The van der Waals surface area contributed by atoms with Crippen LogP contribution in [0, 0.1) is 13.8 Å². The van der Waals surface area contributed by atoms with Gasteiger partial charge in [-0.15, -0.1) is 19.8 Å². The van der Waals surface area contributed by atoms with E-state index in [-0.39, 0.29) is 11.5 Å². The molecule has 0 aliphatic rings. The third kappa shape index (κ3) is 5.46. The number of aromatic hydroxyl groups is 2. The second-order valence-electron chi connectivity index (χ2n) is 8.67. The predicted octanol–water partition coefficient (Wildman–Crippen LogP) is 2.67. The second kappa shape index (κ2) is 10.9. The molecule has 3 N–H and O–H groups in total. The van der Waals surface area contributed by atoms with Crippen LogP contribution in [0.2, 0.25) is 0 Å². The Bertz CT molecular complexity index is 1570. The van der Waals surface area contributed by atoms with E-state index in [0.717, 1.165) is 11.3 Å². The molecule has 0 amide bonds. The van der Waals surface area contributed by atoms with E-state index in [4.69, 9.17) is 0 Å². The lowest BCUT2D eigenvalue weighted by Crippen LogP contribution is -2.07. The first kappa shape index (κ1) is 25.2. The van der Waals surface area contributed by atoms with Crippen LogP contribution in [0.3, 0.4) is 0 Å². The molecule has 2 heterocycles. The van der Waals surface area contributed by atoms with E-state index >= 15 is 0 Å². The first-order valence-electron chi connectivity index (χ1n) is 11.9. The van der Waals surface area contributed by atoms with Gasteiger partial charge in [0.2, 0.25) is 0 Å². The predicted molar refractivity (Wildman–Crippen MR) is 144 cm³/mol. The zero-order valence-corrected chi connectivity index (χ0v) is 21.4. The highest BCUT2D eigenvalue weighted by Gasteiger charge is 2.24. The van der Waals surface area contributed by atoms with Crippen molar-refractivity contribution in [1.29, 1.82) is 0 Å². The second-order valence-corrected chi connectivity index (χ2v) is 8.67. The highest BCUT2D eigenvalue weighted by Crippen LogP contribution is 2.41. The van der Waals surface area contributed by atoms with Crippen LogP contribution in [-0.2, 0) is 0 Å². The lowest BCUT2D eigenvalue weighted by molar-refractivity contribution is 0.458. The molecule has 0 fully saturated rings. The summed E-state index contributed by atoms with van der Waals surface area (Å²) in [7, 11) is 1.83. The van der Waals surface area contributed by atoms with Gasteiger partial charge in [0.15, 0.2) is 11.6 Å². The lowest BCUT2D eigenvalue weighted by atomic mass is 9.83. The van der Waals surface area contributed by atoms with Gasteiger partial charge in [-0.1, -0.05) is 12.1 Å². The van der Waals surface area contributed by atoms with Crippen molar-refractivity contribution in [1.82, 2.24) is 40.6 Å². The molecule has 0 bridgehead atoms. The van der Waals surface area contributed by atoms with E-state index in [2.05, 4.69) is 46.6 Å². The first-order valence-corrected chi connectivity index (χ1v) is 11.9. The zero-order chi connectivity index (χ0) is 27.4. The molecule has 5 aromatic rings. The van der Waals surface area contributed by atoms with Crippen molar-refractivity contribution in [2.24, 2.45) is 10.2 Å². The SMILES string of the molecule is CNc1cccc(C(c2cc(/C=N/n3nnnc3C)ccc2O)c2cc(/C=N/n3nnnc3C)ccc2O)c1. The standard InChI is InChI=1S/C26H25N11O2/c1-16-30-32-34-36(16)28-14-18-7-9-24(38)22(11-18)26(20-5-4-6-21(13-20)27-3)23-12-19(8-10-25(23)39)15-29-37-17(2)31-33-35-37/h4-15,26-27,38-39H,1-3H3/b28-14+,29-15+. The van der Waals surface area contributed by atoms with E-state index < -0.39 is 5.92 Å². The van der Waals surface area contributed by atoms with Crippen molar-refractivity contribution in [2.45, 2.75) is 19.8 Å². The number of hydrogen-bond acceptors (Lipinski definition) is 11. The van der Waals surface area contributed by atoms with Crippen LogP contribution in [0.5, 0.6) is 11.5 Å². The molecule has 13 heteroatoms. The zero-order valence-electron chi connectivity index (χ0n) is 21.4. The van der Waals surface area contributed by atoms with Crippen molar-refractivity contribution in [3.05, 3.63) is 100 Å². The minimum Gasteiger partial charge on any atom is -0.508 e. The number of anilines is 1. The molecule has 39 heavy (non-hydrogen) atoms. The highest BCUT2D eigenvalue weighted by atomic mass is 16.3. The summed E-state index contributed by atoms with van der Waals surface area (Å²) < 4.78 is 0. The summed E-state index contributed by atoms with van der Waals surface area (Å²) in [5.41, 5.74) is 4.29. The van der Waals surface area contributed by atoms with Crippen LogP contribution in [0.1, 0.15) is 45.4 Å². The molecular formula is C26H25N11O2. The van der Waals surface area contributed by atoms with Gasteiger partial charge in [-0.05, 0) is 99.9 Å². The number of phenols is 2. The van der Waals surface area contributed by atoms with Crippen LogP contribution in [-0.4, -0.2) is 70.3 Å². The number of aromatic nitrogens is 8. The number of hydrogen-bond donors (Lipinski definition) is 3. The van der Waals surface area contributed by atoms with Crippen molar-refractivity contribution in [3.63, 3.8) is 0 Å². The normalized spacial score (nSPS) is 11.7. The molecule has 196 valence electrons. The summed E-state index contributed by atoms with van der Waals surface area (Å²) in [6.45, 7) is 3.48. The van der Waals surface area contributed by atoms with Gasteiger partial charge in [-0.3, -0.25) is 0 Å². The van der Waals surface area contributed by atoms with Gasteiger partial charge in [0.25, 0.3) is 0 Å². The molecule has 0 aliphatic heterocycles. The van der Waals surface area contributed by atoms with Gasteiger partial charge in [0, 0.05) is 29.8 Å². The Morgan fingerprint density at radius 1 is 0.769 bits per heavy atom. The molecule has 2 aromatic heterocycles. The fourth-order valence-corrected chi connectivity index (χ4v) is 4.08. The van der Waals surface area contributed by atoms with Gasteiger partial charge < -0.3 is 15.5 Å². The van der Waals surface area contributed by atoms with Crippen molar-refractivity contribution >= 4 is 18.1 Å². The van der Waals surface area contributed by atoms with E-state index in [1.807, 2.05) is 43.4 Å². The first-order chi connectivity index (χ1) is 18.9. The third-order valence-corrected chi connectivity index (χ3v) is 6.07. The Labute approximate surface area is 223 Å². The quantitative estimate of drug-likeness (QED) is 0.205. The molecule has 0 saturated heterocycles. The molecule has 0 saturated carbocycles. The summed E-state index contributed by atoms with van der Waals surface area (Å²) >= 11 is 0. The number of nitrogens with zero attached hydrogens (tertiary/aromatic N) is 10. The maximum absolute atomic E-state index is 11.0. The van der Waals surface area contributed by atoms with Gasteiger partial charge in [-0.2, -0.15) is 10.2 Å². The molecule has 0 aliphatic carbocycles. The molecule has 0 unspecified atom stereocenters. The minimum absolute atomic E-state index is 0.0633. The molecule has 5 rings (SSSR count). The molecule has 0 atom stereocenters. The van der Waals surface area contributed by atoms with Gasteiger partial charge in [-0.25, -0.2) is 0 Å².